The summed E-state index contributed by atoms with van der Waals surface area (Å²) in [7, 11) is 0. The van der Waals surface area contributed by atoms with Gasteiger partial charge < -0.3 is 5.32 Å². The number of aliphatic imine (C=N–C) groups is 2. The molecule has 0 unspecified atom stereocenters. The fourth-order valence-electron chi connectivity index (χ4n) is 5.28. The molecule has 3 aromatic carbocycles. The first-order valence-electron chi connectivity index (χ1n) is 13.1. The molecule has 1 aliphatic heterocycles. The minimum atomic E-state index is 0.240. The van der Waals surface area contributed by atoms with Gasteiger partial charge in [-0.3, -0.25) is 9.98 Å². The van der Waals surface area contributed by atoms with Crippen molar-refractivity contribution in [3.05, 3.63) is 117 Å². The largest absolute Gasteiger partial charge is 0.353 e. The van der Waals surface area contributed by atoms with Gasteiger partial charge in [0.2, 0.25) is 0 Å². The monoisotopic (exact) mass is 489 g/mol. The summed E-state index contributed by atoms with van der Waals surface area (Å²) in [5.41, 5.74) is 14.8. The summed E-state index contributed by atoms with van der Waals surface area (Å²) in [5, 5.41) is 3.67. The Morgan fingerprint density at radius 3 is 1.46 bits per heavy atom. The van der Waals surface area contributed by atoms with Gasteiger partial charge in [0, 0.05) is 5.92 Å². The Balaban J connectivity index is 1.73. The molecule has 0 radical (unpaired) electrons. The van der Waals surface area contributed by atoms with Gasteiger partial charge >= 0.3 is 0 Å². The van der Waals surface area contributed by atoms with Crippen LogP contribution in [-0.4, -0.2) is 11.4 Å². The van der Waals surface area contributed by atoms with Gasteiger partial charge in [-0.15, -0.1) is 0 Å². The molecule has 3 aromatic rings. The lowest BCUT2D eigenvalue weighted by atomic mass is 9.93. The van der Waals surface area contributed by atoms with Gasteiger partial charge in [-0.2, -0.15) is 0 Å². The Kier molecular flexibility index (Phi) is 7.92. The maximum atomic E-state index is 5.10. The molecule has 0 spiro atoms. The van der Waals surface area contributed by atoms with Crippen molar-refractivity contribution in [2.45, 2.75) is 61.8 Å². The van der Waals surface area contributed by atoms with E-state index < -0.39 is 0 Å². The topological polar surface area (TPSA) is 36.8 Å². The van der Waals surface area contributed by atoms with Gasteiger partial charge in [-0.25, -0.2) is 0 Å². The molecule has 0 aromatic heterocycles. The van der Waals surface area contributed by atoms with E-state index in [0.29, 0.717) is 0 Å². The SMILES string of the molecule is CC(=Nc1c(C)cc(C)cc1C)C1=CC(Cc2ccccc2)C=C(C(C)=Nc2c(C)cc(C)cc2C)N1. The lowest BCUT2D eigenvalue weighted by Crippen LogP contribution is -2.28. The van der Waals surface area contributed by atoms with Gasteiger partial charge in [0.05, 0.1) is 34.2 Å². The second-order valence-corrected chi connectivity index (χ2v) is 10.5. The summed E-state index contributed by atoms with van der Waals surface area (Å²) in [6, 6.07) is 19.5. The van der Waals surface area contributed by atoms with Crippen LogP contribution in [-0.2, 0) is 6.42 Å². The van der Waals surface area contributed by atoms with E-state index in [4.69, 9.17) is 9.98 Å². The molecule has 1 heterocycles. The van der Waals surface area contributed by atoms with E-state index in [-0.39, 0.29) is 5.92 Å². The third-order valence-corrected chi connectivity index (χ3v) is 6.95. The van der Waals surface area contributed by atoms with Crippen molar-refractivity contribution in [1.82, 2.24) is 5.32 Å². The van der Waals surface area contributed by atoms with E-state index in [1.807, 2.05) is 0 Å². The van der Waals surface area contributed by atoms with Gasteiger partial charge in [0.25, 0.3) is 0 Å². The Morgan fingerprint density at radius 1 is 0.649 bits per heavy atom. The van der Waals surface area contributed by atoms with Crippen LogP contribution < -0.4 is 5.32 Å². The molecule has 0 saturated heterocycles. The molecular weight excluding hydrogens is 450 g/mol. The lowest BCUT2D eigenvalue weighted by molar-refractivity contribution is 0.762. The smallest absolute Gasteiger partial charge is 0.0692 e. The first kappa shape index (κ1) is 26.3. The minimum Gasteiger partial charge on any atom is -0.353 e. The molecule has 1 aliphatic rings. The summed E-state index contributed by atoms with van der Waals surface area (Å²) >= 11 is 0. The zero-order valence-electron chi connectivity index (χ0n) is 23.5. The third-order valence-electron chi connectivity index (χ3n) is 6.95. The highest BCUT2D eigenvalue weighted by Gasteiger charge is 2.19. The predicted octanol–water partition coefficient (Wildman–Crippen LogP) is 8.65. The van der Waals surface area contributed by atoms with Crippen LogP contribution in [0, 0.1) is 47.5 Å². The minimum absolute atomic E-state index is 0.240. The van der Waals surface area contributed by atoms with Gasteiger partial charge in [0.1, 0.15) is 0 Å². The van der Waals surface area contributed by atoms with E-state index in [1.165, 1.54) is 38.9 Å². The number of hydrogen-bond donors (Lipinski definition) is 1. The summed E-state index contributed by atoms with van der Waals surface area (Å²) in [6.07, 6.45) is 5.55. The number of hydrogen-bond acceptors (Lipinski definition) is 3. The maximum absolute atomic E-state index is 5.10. The van der Waals surface area contributed by atoms with Crippen molar-refractivity contribution in [3.63, 3.8) is 0 Å². The molecule has 37 heavy (non-hydrogen) atoms. The van der Waals surface area contributed by atoms with E-state index in [0.717, 1.165) is 40.6 Å². The number of nitrogens with one attached hydrogen (secondary N) is 1. The molecule has 0 bridgehead atoms. The van der Waals surface area contributed by atoms with Crippen LogP contribution in [0.4, 0.5) is 11.4 Å². The first-order valence-corrected chi connectivity index (χ1v) is 13.1. The quantitative estimate of drug-likeness (QED) is 0.346. The highest BCUT2D eigenvalue weighted by Crippen LogP contribution is 2.29. The van der Waals surface area contributed by atoms with Crippen molar-refractivity contribution >= 4 is 22.8 Å². The zero-order chi connectivity index (χ0) is 26.7. The fourth-order valence-corrected chi connectivity index (χ4v) is 5.28. The van der Waals surface area contributed by atoms with E-state index in [2.05, 4.69) is 127 Å². The van der Waals surface area contributed by atoms with Crippen LogP contribution in [0.15, 0.2) is 88.1 Å². The molecule has 3 heteroatoms. The maximum Gasteiger partial charge on any atom is 0.0692 e. The number of aryl methyl sites for hydroxylation is 6. The summed E-state index contributed by atoms with van der Waals surface area (Å²) in [5.74, 6) is 0.240. The Bertz CT molecular complexity index is 1300. The molecular formula is C34H39N3. The molecule has 0 saturated carbocycles. The number of rotatable bonds is 6. The normalized spacial score (nSPS) is 16.3. The van der Waals surface area contributed by atoms with E-state index in [1.54, 1.807) is 0 Å². The van der Waals surface area contributed by atoms with E-state index >= 15 is 0 Å². The molecule has 0 amide bonds. The number of benzene rings is 3. The van der Waals surface area contributed by atoms with Gasteiger partial charge in [-0.1, -0.05) is 77.9 Å². The number of dihydropyridines is 1. The average Bonchev–Trinajstić information content (AvgIpc) is 2.83. The van der Waals surface area contributed by atoms with Crippen molar-refractivity contribution in [1.29, 1.82) is 0 Å². The molecule has 0 fully saturated rings. The average molecular weight is 490 g/mol. The molecule has 4 rings (SSSR count). The summed E-state index contributed by atoms with van der Waals surface area (Å²) in [6.45, 7) is 17.0. The number of nitrogens with zero attached hydrogens (tertiary/aromatic N) is 2. The highest BCUT2D eigenvalue weighted by atomic mass is 15.0. The van der Waals surface area contributed by atoms with Gasteiger partial charge in [0.15, 0.2) is 0 Å². The van der Waals surface area contributed by atoms with Crippen molar-refractivity contribution < 1.29 is 0 Å². The Labute approximate surface area is 222 Å². The lowest BCUT2D eigenvalue weighted by Gasteiger charge is -2.24. The van der Waals surface area contributed by atoms with Crippen LogP contribution >= 0.6 is 0 Å². The second-order valence-electron chi connectivity index (χ2n) is 10.5. The van der Waals surface area contributed by atoms with Crippen molar-refractivity contribution in [2.24, 2.45) is 15.9 Å². The molecule has 190 valence electrons. The fraction of sp³-hybridized carbons (Fsp3) is 0.294. The molecule has 3 nitrogen and oxygen atoms in total. The van der Waals surface area contributed by atoms with Crippen molar-refractivity contribution in [2.75, 3.05) is 0 Å². The molecule has 1 N–H and O–H groups in total. The van der Waals surface area contributed by atoms with Gasteiger partial charge in [-0.05, 0) is 89.6 Å². The van der Waals surface area contributed by atoms with Crippen LogP contribution in [0.2, 0.25) is 0 Å². The summed E-state index contributed by atoms with van der Waals surface area (Å²) in [4.78, 5) is 10.2. The Morgan fingerprint density at radius 2 is 1.05 bits per heavy atom. The zero-order valence-corrected chi connectivity index (χ0v) is 23.5. The number of allylic oxidation sites excluding steroid dienone is 4. The van der Waals surface area contributed by atoms with Crippen LogP contribution in [0.1, 0.15) is 52.8 Å². The van der Waals surface area contributed by atoms with Crippen LogP contribution in [0.25, 0.3) is 0 Å². The molecule has 0 aliphatic carbocycles. The second kappa shape index (κ2) is 11.1. The summed E-state index contributed by atoms with van der Waals surface area (Å²) < 4.78 is 0. The predicted molar refractivity (Wildman–Crippen MR) is 160 cm³/mol. The molecule has 0 atom stereocenters. The Hall–Kier alpha value is -3.72. The first-order chi connectivity index (χ1) is 17.6. The third kappa shape index (κ3) is 6.35. The highest BCUT2D eigenvalue weighted by molar-refractivity contribution is 6.05. The van der Waals surface area contributed by atoms with Crippen molar-refractivity contribution in [3.8, 4) is 0 Å². The van der Waals surface area contributed by atoms with Crippen LogP contribution in [0.5, 0.6) is 0 Å². The van der Waals surface area contributed by atoms with E-state index in [9.17, 15) is 0 Å². The standard InChI is InChI=1S/C34H39N3/c1-21-14-23(3)33(24(4)15-21)35-27(7)31-19-30(18-29-12-10-9-11-13-29)20-32(37-31)28(8)36-34-25(5)16-22(2)17-26(34)6/h9-17,19-20,30,37H,18H2,1-8H3. The van der Waals surface area contributed by atoms with Crippen LogP contribution in [0.3, 0.4) is 0 Å².